The van der Waals surface area contributed by atoms with Crippen molar-refractivity contribution in [3.8, 4) is 10.4 Å². The molecule has 1 fully saturated rings. The number of nitrogens with one attached hydrogen (secondary N) is 1. The van der Waals surface area contributed by atoms with E-state index < -0.39 is 0 Å². The average molecular weight is 537 g/mol. The van der Waals surface area contributed by atoms with Crippen molar-refractivity contribution in [3.63, 3.8) is 0 Å². The minimum absolute atomic E-state index is 0.870. The SMILES string of the molecule is CN1CCN(CCn2cc3c(n2)CCc2c-3sc3ncnc(Nc4ccc(Cc5cccnc5)cc4)c23)CC1. The van der Waals surface area contributed by atoms with Gasteiger partial charge in [0.2, 0.25) is 0 Å². The van der Waals surface area contributed by atoms with Crippen molar-refractivity contribution >= 4 is 33.1 Å². The standard InChI is InChI=1S/C30H32N8S/c1-36-11-13-37(14-12-36)15-16-38-19-25-26(35-38)9-8-24-27-29(32-20-33-30(27)39-28(24)25)34-23-6-4-21(5-7-23)17-22-3-2-10-31-18-22/h2-7,10,18-20H,8-9,11-17H2,1H3,(H,32,33,34). The van der Waals surface area contributed by atoms with Crippen LogP contribution in [0.4, 0.5) is 11.5 Å². The topological polar surface area (TPSA) is 75.0 Å². The molecule has 0 spiro atoms. The Morgan fingerprint density at radius 1 is 0.949 bits per heavy atom. The van der Waals surface area contributed by atoms with E-state index in [1.807, 2.05) is 18.5 Å². The lowest BCUT2D eigenvalue weighted by Crippen LogP contribution is -2.45. The van der Waals surface area contributed by atoms with E-state index in [9.17, 15) is 0 Å². The zero-order valence-corrected chi connectivity index (χ0v) is 23.0. The Labute approximate surface area is 232 Å². The smallest absolute Gasteiger partial charge is 0.142 e. The molecule has 0 atom stereocenters. The Balaban J connectivity index is 1.11. The molecule has 8 nitrogen and oxygen atoms in total. The largest absolute Gasteiger partial charge is 0.340 e. The van der Waals surface area contributed by atoms with Crippen molar-refractivity contribution in [3.05, 3.63) is 83.7 Å². The van der Waals surface area contributed by atoms with Crippen LogP contribution >= 0.6 is 11.3 Å². The summed E-state index contributed by atoms with van der Waals surface area (Å²) in [6, 6.07) is 12.7. The van der Waals surface area contributed by atoms with E-state index in [0.29, 0.717) is 0 Å². The van der Waals surface area contributed by atoms with Crippen LogP contribution in [-0.2, 0) is 25.8 Å². The third kappa shape index (κ3) is 5.05. The van der Waals surface area contributed by atoms with Gasteiger partial charge < -0.3 is 10.2 Å². The maximum atomic E-state index is 4.98. The molecular formula is C30H32N8S. The normalized spacial score (nSPS) is 15.8. The molecule has 0 amide bonds. The molecule has 7 rings (SSSR count). The summed E-state index contributed by atoms with van der Waals surface area (Å²) in [6.07, 6.45) is 10.4. The molecule has 1 saturated heterocycles. The highest BCUT2D eigenvalue weighted by atomic mass is 32.1. The van der Waals surface area contributed by atoms with Crippen LogP contribution in [0.1, 0.15) is 22.4 Å². The van der Waals surface area contributed by atoms with Gasteiger partial charge in [-0.25, -0.2) is 9.97 Å². The Bertz CT molecular complexity index is 1580. The minimum Gasteiger partial charge on any atom is -0.340 e. The molecule has 1 aliphatic heterocycles. The van der Waals surface area contributed by atoms with Crippen LogP contribution in [0, 0.1) is 0 Å². The minimum atomic E-state index is 0.870. The van der Waals surface area contributed by atoms with Crippen molar-refractivity contribution in [2.24, 2.45) is 0 Å². The van der Waals surface area contributed by atoms with Crippen molar-refractivity contribution in [1.82, 2.24) is 34.5 Å². The van der Waals surface area contributed by atoms with E-state index in [1.54, 1.807) is 17.7 Å². The lowest BCUT2D eigenvalue weighted by Gasteiger charge is -2.32. The van der Waals surface area contributed by atoms with Crippen molar-refractivity contribution < 1.29 is 0 Å². The van der Waals surface area contributed by atoms with E-state index in [1.165, 1.54) is 32.8 Å². The summed E-state index contributed by atoms with van der Waals surface area (Å²) in [7, 11) is 2.20. The quantitative estimate of drug-likeness (QED) is 0.325. The van der Waals surface area contributed by atoms with Crippen molar-refractivity contribution in [2.45, 2.75) is 25.8 Å². The second-order valence-electron chi connectivity index (χ2n) is 10.6. The van der Waals surface area contributed by atoms with Gasteiger partial charge in [-0.05, 0) is 61.2 Å². The zero-order chi connectivity index (χ0) is 26.2. The highest BCUT2D eigenvalue weighted by Gasteiger charge is 2.26. The van der Waals surface area contributed by atoms with E-state index in [2.05, 4.69) is 78.3 Å². The molecule has 2 aliphatic rings. The molecule has 5 aromatic rings. The number of rotatable bonds is 7. The molecule has 0 unspecified atom stereocenters. The van der Waals surface area contributed by atoms with Crippen molar-refractivity contribution in [1.29, 1.82) is 0 Å². The van der Waals surface area contributed by atoms with Gasteiger partial charge in [-0.2, -0.15) is 5.10 Å². The summed E-state index contributed by atoms with van der Waals surface area (Å²) in [6.45, 7) is 6.55. The molecule has 0 bridgehead atoms. The van der Waals surface area contributed by atoms with Gasteiger partial charge in [0.05, 0.1) is 17.6 Å². The molecule has 0 saturated carbocycles. The lowest BCUT2D eigenvalue weighted by molar-refractivity contribution is 0.148. The maximum absolute atomic E-state index is 4.98. The van der Waals surface area contributed by atoms with E-state index in [4.69, 9.17) is 5.10 Å². The monoisotopic (exact) mass is 536 g/mol. The zero-order valence-electron chi connectivity index (χ0n) is 22.2. The number of piperazine rings is 1. The predicted octanol–water partition coefficient (Wildman–Crippen LogP) is 4.63. The van der Waals surface area contributed by atoms with Gasteiger partial charge in [0.1, 0.15) is 17.0 Å². The molecule has 39 heavy (non-hydrogen) atoms. The van der Waals surface area contributed by atoms with Crippen molar-refractivity contribution in [2.75, 3.05) is 45.1 Å². The summed E-state index contributed by atoms with van der Waals surface area (Å²) in [5.74, 6) is 0.878. The molecule has 1 aliphatic carbocycles. The summed E-state index contributed by atoms with van der Waals surface area (Å²) in [5.41, 5.74) is 7.31. The van der Waals surface area contributed by atoms with Crippen LogP contribution in [0.5, 0.6) is 0 Å². The fourth-order valence-corrected chi connectivity index (χ4v) is 6.85. The van der Waals surface area contributed by atoms with E-state index in [0.717, 1.165) is 80.3 Å². The molecule has 5 heterocycles. The van der Waals surface area contributed by atoms with Gasteiger partial charge in [0.15, 0.2) is 0 Å². The third-order valence-corrected chi connectivity index (χ3v) is 9.04. The maximum Gasteiger partial charge on any atom is 0.142 e. The van der Waals surface area contributed by atoms with Gasteiger partial charge in [-0.1, -0.05) is 18.2 Å². The summed E-state index contributed by atoms with van der Waals surface area (Å²) < 4.78 is 2.15. The highest BCUT2D eigenvalue weighted by molar-refractivity contribution is 7.22. The number of likely N-dealkylation sites (N-methyl/N-ethyl adjacent to an activating group) is 1. The molecular weight excluding hydrogens is 504 g/mol. The molecule has 198 valence electrons. The predicted molar refractivity (Wildman–Crippen MR) is 157 cm³/mol. The first-order valence-corrected chi connectivity index (χ1v) is 14.5. The first kappa shape index (κ1) is 24.4. The van der Waals surface area contributed by atoms with Gasteiger partial charge in [-0.15, -0.1) is 11.3 Å². The number of anilines is 2. The number of aromatic nitrogens is 5. The highest BCUT2D eigenvalue weighted by Crippen LogP contribution is 2.45. The van der Waals surface area contributed by atoms with Gasteiger partial charge in [0, 0.05) is 67.4 Å². The Kier molecular flexibility index (Phi) is 6.56. The van der Waals surface area contributed by atoms with Crippen LogP contribution in [0.15, 0.2) is 61.3 Å². The Morgan fingerprint density at radius 3 is 2.64 bits per heavy atom. The molecule has 1 N–H and O–H groups in total. The van der Waals surface area contributed by atoms with Crippen LogP contribution < -0.4 is 5.32 Å². The fourth-order valence-electron chi connectivity index (χ4n) is 5.63. The van der Waals surface area contributed by atoms with Crippen LogP contribution in [0.3, 0.4) is 0 Å². The number of hydrogen-bond acceptors (Lipinski definition) is 8. The fraction of sp³-hybridized carbons (Fsp3) is 0.333. The Morgan fingerprint density at radius 2 is 1.82 bits per heavy atom. The molecule has 1 aromatic carbocycles. The van der Waals surface area contributed by atoms with Gasteiger partial charge >= 0.3 is 0 Å². The Hall–Kier alpha value is -3.66. The van der Waals surface area contributed by atoms with E-state index in [-0.39, 0.29) is 0 Å². The number of pyridine rings is 1. The lowest BCUT2D eigenvalue weighted by atomic mass is 9.95. The molecule has 9 heteroatoms. The first-order valence-electron chi connectivity index (χ1n) is 13.7. The average Bonchev–Trinajstić information content (AvgIpc) is 3.56. The van der Waals surface area contributed by atoms with Crippen LogP contribution in [0.2, 0.25) is 0 Å². The third-order valence-electron chi connectivity index (χ3n) is 7.87. The summed E-state index contributed by atoms with van der Waals surface area (Å²) >= 11 is 1.76. The number of benzene rings is 1. The number of thiophene rings is 1. The van der Waals surface area contributed by atoms with Gasteiger partial charge in [0.25, 0.3) is 0 Å². The second kappa shape index (κ2) is 10.5. The first-order chi connectivity index (χ1) is 19.2. The van der Waals surface area contributed by atoms with Gasteiger partial charge in [-0.3, -0.25) is 14.6 Å². The van der Waals surface area contributed by atoms with Crippen LogP contribution in [0.25, 0.3) is 20.7 Å². The van der Waals surface area contributed by atoms with Crippen LogP contribution in [-0.4, -0.2) is 74.3 Å². The number of hydrogen-bond donors (Lipinski definition) is 1. The summed E-state index contributed by atoms with van der Waals surface area (Å²) in [4.78, 5) is 20.8. The molecule has 4 aromatic heterocycles. The van der Waals surface area contributed by atoms with E-state index >= 15 is 0 Å². The summed E-state index contributed by atoms with van der Waals surface area (Å²) in [5, 5.41) is 9.70. The number of fused-ring (bicyclic) bond motifs is 5. The number of aryl methyl sites for hydroxylation is 2. The number of nitrogens with zero attached hydrogens (tertiary/aromatic N) is 7. The second-order valence-corrected chi connectivity index (χ2v) is 11.6. The molecule has 0 radical (unpaired) electrons.